The third-order valence-electron chi connectivity index (χ3n) is 4.39. The van der Waals surface area contributed by atoms with Crippen LogP contribution in [0.3, 0.4) is 0 Å². The van der Waals surface area contributed by atoms with Gasteiger partial charge in [0.15, 0.2) is 5.13 Å². The summed E-state index contributed by atoms with van der Waals surface area (Å²) in [5.41, 5.74) is 8.15. The van der Waals surface area contributed by atoms with E-state index in [-0.39, 0.29) is 0 Å². The maximum Gasteiger partial charge on any atom is 0.186 e. The van der Waals surface area contributed by atoms with E-state index >= 15 is 0 Å². The van der Waals surface area contributed by atoms with E-state index in [4.69, 9.17) is 10.7 Å². The Hall–Kier alpha value is -1.29. The van der Waals surface area contributed by atoms with Crippen molar-refractivity contribution in [2.45, 2.75) is 33.6 Å². The summed E-state index contributed by atoms with van der Waals surface area (Å²) in [4.78, 5) is 7.19. The Morgan fingerprint density at radius 2 is 1.95 bits per heavy atom. The quantitative estimate of drug-likeness (QED) is 0.802. The minimum Gasteiger partial charge on any atom is -0.399 e. The summed E-state index contributed by atoms with van der Waals surface area (Å²) in [7, 11) is 0. The summed E-state index contributed by atoms with van der Waals surface area (Å²) >= 11 is 1.76. The van der Waals surface area contributed by atoms with Crippen molar-refractivity contribution < 1.29 is 0 Å². The summed E-state index contributed by atoms with van der Waals surface area (Å²) in [5, 5.41) is 1.15. The molecule has 20 heavy (non-hydrogen) atoms. The lowest BCUT2D eigenvalue weighted by Crippen LogP contribution is -2.37. The van der Waals surface area contributed by atoms with Crippen molar-refractivity contribution in [2.24, 2.45) is 11.3 Å². The first-order valence-corrected chi connectivity index (χ1v) is 8.16. The van der Waals surface area contributed by atoms with Crippen molar-refractivity contribution in [3.05, 3.63) is 18.2 Å². The number of piperidine rings is 1. The number of nitrogens with two attached hydrogens (primary N) is 1. The second kappa shape index (κ2) is 4.92. The standard InChI is InChI=1S/C16H23N3S/c1-16(2,3)11-6-8-19(9-7-11)15-18-13-5-4-12(17)10-14(13)20-15/h4-5,10-11H,6-9,17H2,1-3H3. The maximum atomic E-state index is 5.84. The number of fused-ring (bicyclic) bond motifs is 1. The Morgan fingerprint density at radius 3 is 2.60 bits per heavy atom. The van der Waals surface area contributed by atoms with Crippen LogP contribution in [0.1, 0.15) is 33.6 Å². The number of nitrogens with zero attached hydrogens (tertiary/aromatic N) is 2. The van der Waals surface area contributed by atoms with Crippen molar-refractivity contribution in [3.8, 4) is 0 Å². The van der Waals surface area contributed by atoms with E-state index in [1.807, 2.05) is 18.2 Å². The second-order valence-corrected chi connectivity index (χ2v) is 7.86. The van der Waals surface area contributed by atoms with Crippen molar-refractivity contribution >= 4 is 32.4 Å². The number of anilines is 2. The van der Waals surface area contributed by atoms with Crippen molar-refractivity contribution in [3.63, 3.8) is 0 Å². The SMILES string of the molecule is CC(C)(C)C1CCN(c2nc3ccc(N)cc3s2)CC1. The average molecular weight is 289 g/mol. The maximum absolute atomic E-state index is 5.84. The molecule has 1 aliphatic heterocycles. The van der Waals surface area contributed by atoms with Gasteiger partial charge in [0.1, 0.15) is 0 Å². The number of nitrogen functional groups attached to an aromatic ring is 1. The molecule has 2 aromatic rings. The minimum absolute atomic E-state index is 0.425. The molecule has 0 unspecified atom stereocenters. The number of thiazole rings is 1. The molecule has 0 amide bonds. The number of aromatic nitrogens is 1. The molecule has 2 heterocycles. The number of hydrogen-bond donors (Lipinski definition) is 1. The van der Waals surface area contributed by atoms with Gasteiger partial charge >= 0.3 is 0 Å². The summed E-state index contributed by atoms with van der Waals surface area (Å²) in [6.07, 6.45) is 2.53. The van der Waals surface area contributed by atoms with Crippen LogP contribution in [0.5, 0.6) is 0 Å². The van der Waals surface area contributed by atoms with Gasteiger partial charge in [-0.2, -0.15) is 0 Å². The van der Waals surface area contributed by atoms with Crippen LogP contribution in [-0.2, 0) is 0 Å². The van der Waals surface area contributed by atoms with Gasteiger partial charge in [-0.1, -0.05) is 32.1 Å². The number of benzene rings is 1. The van der Waals surface area contributed by atoms with E-state index in [0.29, 0.717) is 5.41 Å². The monoisotopic (exact) mass is 289 g/mol. The van der Waals surface area contributed by atoms with Gasteiger partial charge in [-0.3, -0.25) is 0 Å². The molecule has 3 rings (SSSR count). The van der Waals surface area contributed by atoms with Crippen LogP contribution in [0.2, 0.25) is 0 Å². The first-order valence-electron chi connectivity index (χ1n) is 7.34. The second-order valence-electron chi connectivity index (χ2n) is 6.85. The predicted octanol–water partition coefficient (Wildman–Crippen LogP) is 4.14. The van der Waals surface area contributed by atoms with Crippen molar-refractivity contribution in [1.29, 1.82) is 0 Å². The highest BCUT2D eigenvalue weighted by Crippen LogP contribution is 2.37. The smallest absolute Gasteiger partial charge is 0.186 e. The first kappa shape index (κ1) is 13.7. The highest BCUT2D eigenvalue weighted by atomic mass is 32.1. The third-order valence-corrected chi connectivity index (χ3v) is 5.47. The zero-order chi connectivity index (χ0) is 14.3. The lowest BCUT2D eigenvalue weighted by molar-refractivity contribution is 0.199. The molecule has 0 atom stereocenters. The zero-order valence-electron chi connectivity index (χ0n) is 12.5. The molecule has 0 radical (unpaired) electrons. The largest absolute Gasteiger partial charge is 0.399 e. The Labute approximate surface area is 124 Å². The van der Waals surface area contributed by atoms with Gasteiger partial charge in [-0.15, -0.1) is 0 Å². The van der Waals surface area contributed by atoms with E-state index in [1.54, 1.807) is 11.3 Å². The summed E-state index contributed by atoms with van der Waals surface area (Å²) in [6.45, 7) is 9.31. The molecule has 1 aromatic heterocycles. The Bertz CT molecular complexity index is 604. The molecule has 4 heteroatoms. The fourth-order valence-corrected chi connectivity index (χ4v) is 4.07. The molecule has 0 aliphatic carbocycles. The first-order chi connectivity index (χ1) is 9.43. The number of hydrogen-bond acceptors (Lipinski definition) is 4. The van der Waals surface area contributed by atoms with Gasteiger partial charge < -0.3 is 10.6 Å². The van der Waals surface area contributed by atoms with E-state index in [0.717, 1.165) is 35.3 Å². The van der Waals surface area contributed by atoms with Crippen LogP contribution in [-0.4, -0.2) is 18.1 Å². The van der Waals surface area contributed by atoms with Crippen LogP contribution in [0.15, 0.2) is 18.2 Å². The van der Waals surface area contributed by atoms with E-state index in [2.05, 4.69) is 25.7 Å². The van der Waals surface area contributed by atoms with E-state index in [9.17, 15) is 0 Å². The molecule has 2 N–H and O–H groups in total. The Morgan fingerprint density at radius 1 is 1.25 bits per heavy atom. The number of rotatable bonds is 1. The van der Waals surface area contributed by atoms with Gasteiger partial charge in [0, 0.05) is 18.8 Å². The van der Waals surface area contributed by atoms with Crippen LogP contribution < -0.4 is 10.6 Å². The molecule has 3 nitrogen and oxygen atoms in total. The normalized spacial score (nSPS) is 17.9. The molecule has 0 saturated carbocycles. The highest BCUT2D eigenvalue weighted by Gasteiger charge is 2.29. The molecule has 0 spiro atoms. The molecule has 108 valence electrons. The van der Waals surface area contributed by atoms with Crippen LogP contribution in [0.4, 0.5) is 10.8 Å². The molecule has 1 fully saturated rings. The molecule has 1 aliphatic rings. The Balaban J connectivity index is 1.76. The lowest BCUT2D eigenvalue weighted by Gasteiger charge is -2.38. The fraction of sp³-hybridized carbons (Fsp3) is 0.562. The van der Waals surface area contributed by atoms with Crippen LogP contribution in [0.25, 0.3) is 10.2 Å². The zero-order valence-corrected chi connectivity index (χ0v) is 13.3. The van der Waals surface area contributed by atoms with Gasteiger partial charge in [-0.05, 0) is 42.4 Å². The summed E-state index contributed by atoms with van der Waals surface area (Å²) in [6, 6.07) is 5.97. The van der Waals surface area contributed by atoms with E-state index < -0.39 is 0 Å². The Kier molecular flexibility index (Phi) is 3.36. The van der Waals surface area contributed by atoms with Gasteiger partial charge in [0.2, 0.25) is 0 Å². The van der Waals surface area contributed by atoms with Gasteiger partial charge in [0.25, 0.3) is 0 Å². The summed E-state index contributed by atoms with van der Waals surface area (Å²) in [5.74, 6) is 0.823. The van der Waals surface area contributed by atoms with Gasteiger partial charge in [-0.25, -0.2) is 4.98 Å². The average Bonchev–Trinajstić information content (AvgIpc) is 2.80. The molecular formula is C16H23N3S. The third kappa shape index (κ3) is 2.62. The summed E-state index contributed by atoms with van der Waals surface area (Å²) < 4.78 is 1.19. The highest BCUT2D eigenvalue weighted by molar-refractivity contribution is 7.22. The lowest BCUT2D eigenvalue weighted by atomic mass is 9.75. The predicted molar refractivity (Wildman–Crippen MR) is 88.4 cm³/mol. The topological polar surface area (TPSA) is 42.2 Å². The minimum atomic E-state index is 0.425. The van der Waals surface area contributed by atoms with Gasteiger partial charge in [0.05, 0.1) is 10.2 Å². The van der Waals surface area contributed by atoms with Crippen molar-refractivity contribution in [2.75, 3.05) is 23.7 Å². The van der Waals surface area contributed by atoms with Crippen LogP contribution in [0, 0.1) is 11.3 Å². The molecule has 1 saturated heterocycles. The molecule has 0 bridgehead atoms. The molecule has 1 aromatic carbocycles. The van der Waals surface area contributed by atoms with Crippen LogP contribution >= 0.6 is 11.3 Å². The van der Waals surface area contributed by atoms with Crippen molar-refractivity contribution in [1.82, 2.24) is 4.98 Å². The fourth-order valence-electron chi connectivity index (χ4n) is 3.00. The molecular weight excluding hydrogens is 266 g/mol. The van der Waals surface area contributed by atoms with E-state index in [1.165, 1.54) is 17.5 Å².